The fourth-order valence-corrected chi connectivity index (χ4v) is 3.02. The molecule has 1 N–H and O–H groups in total. The summed E-state index contributed by atoms with van der Waals surface area (Å²) in [6, 6.07) is 16.7. The highest BCUT2D eigenvalue weighted by atomic mass is 16.4. The second-order valence-electron chi connectivity index (χ2n) is 6.17. The van der Waals surface area contributed by atoms with Crippen molar-refractivity contribution in [3.8, 4) is 0 Å². The van der Waals surface area contributed by atoms with Gasteiger partial charge < -0.3 is 9.52 Å². The zero-order valence-electron chi connectivity index (χ0n) is 13.5. The van der Waals surface area contributed by atoms with E-state index in [9.17, 15) is 9.90 Å². The van der Waals surface area contributed by atoms with Crippen LogP contribution in [0.1, 0.15) is 42.5 Å². The zero-order chi connectivity index (χ0) is 16.6. The van der Waals surface area contributed by atoms with E-state index in [0.29, 0.717) is 16.9 Å². The highest BCUT2D eigenvalue weighted by molar-refractivity contribution is 5.96. The number of benzene rings is 2. The number of para-hydroxylation sites is 1. The van der Waals surface area contributed by atoms with Crippen LogP contribution >= 0.6 is 0 Å². The number of fused-ring (bicyclic) bond motifs is 1. The molecular weight excluding hydrogens is 288 g/mol. The number of hydrogen-bond acceptors (Lipinski definition) is 3. The Hall–Kier alpha value is -2.39. The van der Waals surface area contributed by atoms with Crippen LogP contribution in [0, 0.1) is 5.92 Å². The molecule has 0 aliphatic heterocycles. The maximum atomic E-state index is 12.0. The molecule has 0 bridgehead atoms. The lowest BCUT2D eigenvalue weighted by Gasteiger charge is -2.32. The molecule has 0 spiro atoms. The van der Waals surface area contributed by atoms with Crippen LogP contribution in [0.25, 0.3) is 11.0 Å². The summed E-state index contributed by atoms with van der Waals surface area (Å²) in [5, 5.41) is 12.4. The average Bonchev–Trinajstić information content (AvgIpc) is 2.98. The van der Waals surface area contributed by atoms with E-state index in [4.69, 9.17) is 4.42 Å². The predicted octanol–water partition coefficient (Wildman–Crippen LogP) is 4.53. The molecule has 0 saturated carbocycles. The first kappa shape index (κ1) is 15.5. The summed E-state index contributed by atoms with van der Waals surface area (Å²) < 4.78 is 5.92. The monoisotopic (exact) mass is 308 g/mol. The minimum atomic E-state index is -1.36. The number of Topliss-reactive ketones (excluding diaryl/α,β-unsaturated/α-hetero) is 1. The van der Waals surface area contributed by atoms with Gasteiger partial charge in [-0.1, -0.05) is 56.3 Å². The Labute approximate surface area is 135 Å². The molecule has 23 heavy (non-hydrogen) atoms. The molecule has 2 aromatic carbocycles. The van der Waals surface area contributed by atoms with Gasteiger partial charge in [-0.2, -0.15) is 0 Å². The molecule has 3 heteroatoms. The second-order valence-corrected chi connectivity index (χ2v) is 6.17. The Morgan fingerprint density at radius 1 is 1.09 bits per heavy atom. The van der Waals surface area contributed by atoms with Crippen LogP contribution in [0.3, 0.4) is 0 Å². The summed E-state index contributed by atoms with van der Waals surface area (Å²) in [4.78, 5) is 12.0. The second kappa shape index (κ2) is 5.67. The Kier molecular flexibility index (Phi) is 3.82. The molecule has 1 atom stereocenters. The summed E-state index contributed by atoms with van der Waals surface area (Å²) in [5.41, 5.74) is 0.467. The quantitative estimate of drug-likeness (QED) is 0.721. The highest BCUT2D eigenvalue weighted by Crippen LogP contribution is 2.40. The fraction of sp³-hybridized carbons (Fsp3) is 0.250. The molecule has 0 saturated heterocycles. The van der Waals surface area contributed by atoms with Crippen LogP contribution in [0.15, 0.2) is 59.0 Å². The number of carbonyl (C=O) groups is 1. The SMILES string of the molecule is CC(=O)c1ccccc1C(O)(c1cc2ccccc2o1)C(C)C. The Bertz CT molecular complexity index is 827. The molecule has 118 valence electrons. The van der Waals surface area contributed by atoms with Crippen molar-refractivity contribution in [2.75, 3.05) is 0 Å². The largest absolute Gasteiger partial charge is 0.458 e. The molecular formula is C20H20O3. The molecule has 0 aliphatic carbocycles. The molecule has 1 heterocycles. The lowest BCUT2D eigenvalue weighted by molar-refractivity contribution is 0.0115. The van der Waals surface area contributed by atoms with Gasteiger partial charge in [0.15, 0.2) is 5.78 Å². The van der Waals surface area contributed by atoms with Crippen molar-refractivity contribution in [1.29, 1.82) is 0 Å². The van der Waals surface area contributed by atoms with Gasteiger partial charge in [-0.25, -0.2) is 0 Å². The standard InChI is InChI=1S/C20H20O3/c1-13(2)20(22,17-10-6-5-9-16(17)14(3)21)19-12-15-8-4-7-11-18(15)23-19/h4-13,22H,1-3H3. The third-order valence-electron chi connectivity index (χ3n) is 4.35. The maximum absolute atomic E-state index is 12.0. The van der Waals surface area contributed by atoms with E-state index in [1.165, 1.54) is 6.92 Å². The molecule has 3 aromatic rings. The summed E-state index contributed by atoms with van der Waals surface area (Å²) in [5.74, 6) is 0.224. The lowest BCUT2D eigenvalue weighted by Crippen LogP contribution is -2.34. The first-order valence-corrected chi connectivity index (χ1v) is 7.76. The summed E-state index contributed by atoms with van der Waals surface area (Å²) >= 11 is 0. The normalized spacial score (nSPS) is 14.1. The van der Waals surface area contributed by atoms with E-state index in [1.807, 2.05) is 50.2 Å². The van der Waals surface area contributed by atoms with Crippen LogP contribution < -0.4 is 0 Å². The molecule has 3 nitrogen and oxygen atoms in total. The van der Waals surface area contributed by atoms with E-state index in [2.05, 4.69) is 0 Å². The van der Waals surface area contributed by atoms with Gasteiger partial charge in [-0.15, -0.1) is 0 Å². The summed E-state index contributed by atoms with van der Waals surface area (Å²) in [6.45, 7) is 5.35. The van der Waals surface area contributed by atoms with Gasteiger partial charge in [0.2, 0.25) is 0 Å². The van der Waals surface area contributed by atoms with Crippen LogP contribution in [-0.4, -0.2) is 10.9 Å². The first-order chi connectivity index (χ1) is 10.9. The van der Waals surface area contributed by atoms with Crippen molar-refractivity contribution in [3.05, 3.63) is 71.5 Å². The third-order valence-corrected chi connectivity index (χ3v) is 4.35. The van der Waals surface area contributed by atoms with Gasteiger partial charge in [0, 0.05) is 16.5 Å². The first-order valence-electron chi connectivity index (χ1n) is 7.76. The van der Waals surface area contributed by atoms with E-state index >= 15 is 0 Å². The van der Waals surface area contributed by atoms with Gasteiger partial charge in [0.1, 0.15) is 16.9 Å². The van der Waals surface area contributed by atoms with E-state index in [-0.39, 0.29) is 11.7 Å². The number of furan rings is 1. The van der Waals surface area contributed by atoms with E-state index in [0.717, 1.165) is 11.0 Å². The number of rotatable bonds is 4. The number of carbonyl (C=O) groups excluding carboxylic acids is 1. The van der Waals surface area contributed by atoms with E-state index < -0.39 is 5.60 Å². The minimum absolute atomic E-state index is 0.0733. The van der Waals surface area contributed by atoms with Gasteiger partial charge in [-0.05, 0) is 25.0 Å². The van der Waals surface area contributed by atoms with Crippen LogP contribution in [0.5, 0.6) is 0 Å². The number of ketones is 1. The Morgan fingerprint density at radius 2 is 1.74 bits per heavy atom. The smallest absolute Gasteiger partial charge is 0.160 e. The molecule has 0 aliphatic rings. The predicted molar refractivity (Wildman–Crippen MR) is 90.5 cm³/mol. The van der Waals surface area contributed by atoms with Crippen molar-refractivity contribution >= 4 is 16.8 Å². The maximum Gasteiger partial charge on any atom is 0.160 e. The van der Waals surface area contributed by atoms with Gasteiger partial charge in [0.05, 0.1) is 0 Å². The fourth-order valence-electron chi connectivity index (χ4n) is 3.02. The lowest BCUT2D eigenvalue weighted by atomic mass is 9.78. The van der Waals surface area contributed by atoms with Gasteiger partial charge in [0.25, 0.3) is 0 Å². The Balaban J connectivity index is 2.27. The van der Waals surface area contributed by atoms with Crippen LogP contribution in [0.4, 0.5) is 0 Å². The highest BCUT2D eigenvalue weighted by Gasteiger charge is 2.40. The Morgan fingerprint density at radius 3 is 2.39 bits per heavy atom. The number of hydrogen-bond donors (Lipinski definition) is 1. The van der Waals surface area contributed by atoms with Crippen molar-refractivity contribution in [2.24, 2.45) is 5.92 Å². The van der Waals surface area contributed by atoms with Crippen molar-refractivity contribution in [1.82, 2.24) is 0 Å². The molecule has 0 amide bonds. The molecule has 0 fully saturated rings. The molecule has 0 radical (unpaired) electrons. The number of aliphatic hydroxyl groups is 1. The summed E-state index contributed by atoms with van der Waals surface area (Å²) in [7, 11) is 0. The van der Waals surface area contributed by atoms with Gasteiger partial charge >= 0.3 is 0 Å². The summed E-state index contributed by atoms with van der Waals surface area (Å²) in [6.07, 6.45) is 0. The third kappa shape index (κ3) is 2.47. The van der Waals surface area contributed by atoms with E-state index in [1.54, 1.807) is 18.2 Å². The van der Waals surface area contributed by atoms with Crippen molar-refractivity contribution in [3.63, 3.8) is 0 Å². The van der Waals surface area contributed by atoms with Gasteiger partial charge in [-0.3, -0.25) is 4.79 Å². The minimum Gasteiger partial charge on any atom is -0.458 e. The van der Waals surface area contributed by atoms with Crippen LogP contribution in [0.2, 0.25) is 0 Å². The zero-order valence-corrected chi connectivity index (χ0v) is 13.5. The molecule has 1 aromatic heterocycles. The molecule has 1 unspecified atom stereocenters. The van der Waals surface area contributed by atoms with Crippen molar-refractivity contribution < 1.29 is 14.3 Å². The van der Waals surface area contributed by atoms with Crippen molar-refractivity contribution in [2.45, 2.75) is 26.4 Å². The van der Waals surface area contributed by atoms with Crippen LogP contribution in [-0.2, 0) is 5.60 Å². The topological polar surface area (TPSA) is 50.4 Å². The molecule has 3 rings (SSSR count). The average molecular weight is 308 g/mol.